The molecule has 1 heterocycles. The zero-order valence-electron chi connectivity index (χ0n) is 11.6. The molecule has 2 N–H and O–H groups in total. The van der Waals surface area contributed by atoms with E-state index in [2.05, 4.69) is 25.8 Å². The molecule has 0 spiro atoms. The highest BCUT2D eigenvalue weighted by molar-refractivity contribution is 7.16. The summed E-state index contributed by atoms with van der Waals surface area (Å²) in [6.45, 7) is 7.08. The van der Waals surface area contributed by atoms with Gasteiger partial charge in [-0.2, -0.15) is 0 Å². The molecular formula is C15H20N2OS. The molecule has 0 radical (unpaired) electrons. The van der Waals surface area contributed by atoms with Crippen LogP contribution in [-0.2, 0) is 0 Å². The van der Waals surface area contributed by atoms with Crippen LogP contribution in [0.2, 0.25) is 0 Å². The summed E-state index contributed by atoms with van der Waals surface area (Å²) in [4.78, 5) is 4.64. The Morgan fingerprint density at radius 3 is 2.79 bits per heavy atom. The van der Waals surface area contributed by atoms with Gasteiger partial charge in [0, 0.05) is 11.5 Å². The van der Waals surface area contributed by atoms with Crippen LogP contribution in [-0.4, -0.2) is 11.6 Å². The van der Waals surface area contributed by atoms with E-state index in [1.165, 1.54) is 0 Å². The van der Waals surface area contributed by atoms with Crippen molar-refractivity contribution in [1.29, 1.82) is 0 Å². The molecule has 1 aromatic heterocycles. The summed E-state index contributed by atoms with van der Waals surface area (Å²) in [5, 5.41) is 1.85. The predicted molar refractivity (Wildman–Crippen MR) is 81.8 cm³/mol. The molecule has 0 aliphatic heterocycles. The maximum absolute atomic E-state index is 6.08. The van der Waals surface area contributed by atoms with Crippen molar-refractivity contribution in [2.45, 2.75) is 33.1 Å². The molecule has 3 nitrogen and oxygen atoms in total. The molecular weight excluding hydrogens is 256 g/mol. The number of rotatable bonds is 5. The largest absolute Gasteiger partial charge is 0.494 e. The lowest BCUT2D eigenvalue weighted by Gasteiger charge is -2.06. The Kier molecular flexibility index (Phi) is 4.43. The van der Waals surface area contributed by atoms with E-state index in [9.17, 15) is 0 Å². The first-order chi connectivity index (χ1) is 9.11. The Labute approximate surface area is 118 Å². The minimum atomic E-state index is 0.403. The van der Waals surface area contributed by atoms with Crippen molar-refractivity contribution >= 4 is 16.3 Å². The van der Waals surface area contributed by atoms with Crippen LogP contribution < -0.4 is 10.5 Å². The van der Waals surface area contributed by atoms with Crippen LogP contribution in [0.5, 0.6) is 5.75 Å². The van der Waals surface area contributed by atoms with Crippen molar-refractivity contribution < 1.29 is 4.74 Å². The quantitative estimate of drug-likeness (QED) is 0.885. The summed E-state index contributed by atoms with van der Waals surface area (Å²) in [6.07, 6.45) is 1.00. The van der Waals surface area contributed by atoms with Gasteiger partial charge in [-0.1, -0.05) is 32.9 Å². The normalized spacial score (nSPS) is 10.9. The van der Waals surface area contributed by atoms with Gasteiger partial charge in [-0.05, 0) is 18.6 Å². The van der Waals surface area contributed by atoms with E-state index < -0.39 is 0 Å². The van der Waals surface area contributed by atoms with E-state index >= 15 is 0 Å². The molecule has 1 aromatic carbocycles. The number of ether oxygens (including phenoxy) is 1. The number of nitrogens with two attached hydrogens (primary N) is 1. The summed E-state index contributed by atoms with van der Waals surface area (Å²) in [5.74, 6) is 1.28. The average Bonchev–Trinajstić information content (AvgIpc) is 2.79. The molecule has 4 heteroatoms. The maximum Gasteiger partial charge on any atom is 0.119 e. The number of nitrogens with zero attached hydrogens (tertiary/aromatic N) is 1. The monoisotopic (exact) mass is 276 g/mol. The summed E-state index contributed by atoms with van der Waals surface area (Å²) in [5.41, 5.74) is 7.97. The molecule has 0 unspecified atom stereocenters. The summed E-state index contributed by atoms with van der Waals surface area (Å²) in [6, 6.07) is 7.97. The molecule has 19 heavy (non-hydrogen) atoms. The lowest BCUT2D eigenvalue weighted by molar-refractivity contribution is 0.317. The molecule has 0 atom stereocenters. The van der Waals surface area contributed by atoms with Gasteiger partial charge in [0.25, 0.3) is 0 Å². The van der Waals surface area contributed by atoms with E-state index in [4.69, 9.17) is 10.5 Å². The Bertz CT molecular complexity index is 549. The van der Waals surface area contributed by atoms with Crippen molar-refractivity contribution in [2.24, 2.45) is 0 Å². The molecule has 0 amide bonds. The van der Waals surface area contributed by atoms with Gasteiger partial charge in [0.1, 0.15) is 16.4 Å². The molecule has 102 valence electrons. The van der Waals surface area contributed by atoms with Crippen molar-refractivity contribution in [2.75, 3.05) is 12.3 Å². The fourth-order valence-electron chi connectivity index (χ4n) is 1.76. The topological polar surface area (TPSA) is 48.1 Å². The molecule has 0 aliphatic rings. The van der Waals surface area contributed by atoms with Crippen molar-refractivity contribution in [1.82, 2.24) is 4.98 Å². The molecule has 0 aliphatic carbocycles. The van der Waals surface area contributed by atoms with Gasteiger partial charge in [0.05, 0.1) is 11.6 Å². The van der Waals surface area contributed by atoms with Crippen LogP contribution in [0.4, 0.5) is 5.00 Å². The van der Waals surface area contributed by atoms with E-state index in [0.717, 1.165) is 40.0 Å². The summed E-state index contributed by atoms with van der Waals surface area (Å²) >= 11 is 1.57. The minimum absolute atomic E-state index is 0.403. The number of thiazole rings is 1. The standard InChI is InChI=1S/C15H20N2OS/c1-4-8-18-12-7-5-6-11(9-12)13-14(16)19-15(17-13)10(2)3/h5-7,9-10H,4,8,16H2,1-3H3. The number of hydrogen-bond acceptors (Lipinski definition) is 4. The zero-order valence-corrected chi connectivity index (χ0v) is 12.5. The maximum atomic E-state index is 6.08. The Balaban J connectivity index is 2.30. The van der Waals surface area contributed by atoms with Crippen LogP contribution in [0.15, 0.2) is 24.3 Å². The minimum Gasteiger partial charge on any atom is -0.494 e. The Morgan fingerprint density at radius 1 is 1.37 bits per heavy atom. The van der Waals surface area contributed by atoms with Gasteiger partial charge in [0.15, 0.2) is 0 Å². The first-order valence-electron chi connectivity index (χ1n) is 6.61. The number of anilines is 1. The highest BCUT2D eigenvalue weighted by atomic mass is 32.1. The van der Waals surface area contributed by atoms with E-state index in [-0.39, 0.29) is 0 Å². The van der Waals surface area contributed by atoms with Crippen LogP contribution in [0.3, 0.4) is 0 Å². The molecule has 0 bridgehead atoms. The van der Waals surface area contributed by atoms with E-state index in [1.807, 2.05) is 24.3 Å². The summed E-state index contributed by atoms with van der Waals surface area (Å²) in [7, 11) is 0. The van der Waals surface area contributed by atoms with Crippen LogP contribution in [0.25, 0.3) is 11.3 Å². The number of nitrogen functional groups attached to an aromatic ring is 1. The molecule has 0 saturated heterocycles. The lowest BCUT2D eigenvalue weighted by atomic mass is 10.1. The zero-order chi connectivity index (χ0) is 13.8. The third-order valence-corrected chi connectivity index (χ3v) is 3.93. The second-order valence-electron chi connectivity index (χ2n) is 4.80. The molecule has 2 aromatic rings. The van der Waals surface area contributed by atoms with Gasteiger partial charge in [-0.15, -0.1) is 11.3 Å². The van der Waals surface area contributed by atoms with Gasteiger partial charge < -0.3 is 10.5 Å². The second kappa shape index (κ2) is 6.06. The lowest BCUT2D eigenvalue weighted by Crippen LogP contribution is -1.95. The van der Waals surface area contributed by atoms with Gasteiger partial charge in [-0.25, -0.2) is 4.98 Å². The fraction of sp³-hybridized carbons (Fsp3) is 0.400. The van der Waals surface area contributed by atoms with Crippen molar-refractivity contribution in [3.63, 3.8) is 0 Å². The van der Waals surface area contributed by atoms with Gasteiger partial charge in [0.2, 0.25) is 0 Å². The average molecular weight is 276 g/mol. The third-order valence-electron chi connectivity index (χ3n) is 2.74. The van der Waals surface area contributed by atoms with Crippen LogP contribution in [0.1, 0.15) is 38.1 Å². The first kappa shape index (κ1) is 13.9. The molecule has 0 saturated carbocycles. The number of hydrogen-bond donors (Lipinski definition) is 1. The highest BCUT2D eigenvalue weighted by Crippen LogP contribution is 2.34. The second-order valence-corrected chi connectivity index (χ2v) is 5.86. The highest BCUT2D eigenvalue weighted by Gasteiger charge is 2.13. The van der Waals surface area contributed by atoms with E-state index in [1.54, 1.807) is 11.3 Å². The molecule has 2 rings (SSSR count). The van der Waals surface area contributed by atoms with Gasteiger partial charge >= 0.3 is 0 Å². The van der Waals surface area contributed by atoms with Crippen molar-refractivity contribution in [3.05, 3.63) is 29.3 Å². The SMILES string of the molecule is CCCOc1cccc(-c2nc(C(C)C)sc2N)c1. The smallest absolute Gasteiger partial charge is 0.119 e. The van der Waals surface area contributed by atoms with Crippen molar-refractivity contribution in [3.8, 4) is 17.0 Å². The Morgan fingerprint density at radius 2 is 2.16 bits per heavy atom. The van der Waals surface area contributed by atoms with Crippen LogP contribution in [0, 0.1) is 0 Å². The summed E-state index contributed by atoms with van der Waals surface area (Å²) < 4.78 is 5.65. The Hall–Kier alpha value is -1.55. The molecule has 0 fully saturated rings. The van der Waals surface area contributed by atoms with Gasteiger partial charge in [-0.3, -0.25) is 0 Å². The third kappa shape index (κ3) is 3.26. The van der Waals surface area contributed by atoms with Crippen LogP contribution >= 0.6 is 11.3 Å². The van der Waals surface area contributed by atoms with E-state index in [0.29, 0.717) is 5.92 Å². The number of benzene rings is 1. The number of aromatic nitrogens is 1. The fourth-order valence-corrected chi connectivity index (χ4v) is 2.61. The first-order valence-corrected chi connectivity index (χ1v) is 7.43. The predicted octanol–water partition coefficient (Wildman–Crippen LogP) is 4.30.